The molecule has 38 heavy (non-hydrogen) atoms. The first-order chi connectivity index (χ1) is 18.8. The SMILES string of the molecule is c1ccc(-c2nc(-c3ccccc3)nc(-n3c4ccccc4c4cc5c6c(sc5cc43)CCCC6)n2)cc1. The molecule has 3 heterocycles. The summed E-state index contributed by atoms with van der Waals surface area (Å²) in [5, 5.41) is 3.90. The second kappa shape index (κ2) is 8.61. The molecule has 182 valence electrons. The molecule has 0 saturated carbocycles. The van der Waals surface area contributed by atoms with Crippen LogP contribution in [0.3, 0.4) is 0 Å². The number of nitrogens with zero attached hydrogens (tertiary/aromatic N) is 4. The van der Waals surface area contributed by atoms with Gasteiger partial charge in [0.1, 0.15) is 0 Å². The summed E-state index contributed by atoms with van der Waals surface area (Å²) in [4.78, 5) is 16.6. The standard InChI is InChI=1S/C33H24N4S/c1-3-11-21(12-4-1)31-34-32(22-13-5-2-6-14-22)36-33(35-31)37-27-17-9-7-15-23(27)25-19-26-24-16-8-10-18-29(24)38-30(26)20-28(25)37/h1-7,9,11-15,17,19-20H,8,10,16,18H2. The second-order valence-electron chi connectivity index (χ2n) is 9.94. The number of aromatic nitrogens is 4. The number of benzene rings is 4. The minimum Gasteiger partial charge on any atom is -0.278 e. The smallest absolute Gasteiger partial charge is 0.238 e. The molecule has 5 heteroatoms. The number of rotatable bonds is 3. The maximum Gasteiger partial charge on any atom is 0.238 e. The van der Waals surface area contributed by atoms with Crippen LogP contribution in [-0.2, 0) is 12.8 Å². The summed E-state index contributed by atoms with van der Waals surface area (Å²) in [7, 11) is 0. The summed E-state index contributed by atoms with van der Waals surface area (Å²) in [5.74, 6) is 1.99. The average molecular weight is 509 g/mol. The van der Waals surface area contributed by atoms with Gasteiger partial charge in [0.2, 0.25) is 5.95 Å². The summed E-state index contributed by atoms with van der Waals surface area (Å²) < 4.78 is 3.58. The molecule has 0 radical (unpaired) electrons. The van der Waals surface area contributed by atoms with Gasteiger partial charge in [-0.2, -0.15) is 9.97 Å². The third-order valence-corrected chi connectivity index (χ3v) is 8.89. The van der Waals surface area contributed by atoms with E-state index in [1.807, 2.05) is 47.7 Å². The van der Waals surface area contributed by atoms with Crippen LogP contribution in [0.1, 0.15) is 23.3 Å². The highest BCUT2D eigenvalue weighted by Crippen LogP contribution is 2.41. The van der Waals surface area contributed by atoms with Crippen LogP contribution in [0.4, 0.5) is 0 Å². The zero-order valence-electron chi connectivity index (χ0n) is 20.8. The Labute approximate surface area is 224 Å². The van der Waals surface area contributed by atoms with Gasteiger partial charge in [-0.3, -0.25) is 4.57 Å². The molecule has 4 nitrogen and oxygen atoms in total. The van der Waals surface area contributed by atoms with E-state index in [0.717, 1.165) is 22.2 Å². The predicted octanol–water partition coefficient (Wildman–Crippen LogP) is 8.40. The van der Waals surface area contributed by atoms with E-state index >= 15 is 0 Å². The Morgan fingerprint density at radius 1 is 0.579 bits per heavy atom. The fraction of sp³-hybridized carbons (Fsp3) is 0.121. The van der Waals surface area contributed by atoms with E-state index in [9.17, 15) is 0 Å². The molecule has 4 aromatic carbocycles. The van der Waals surface area contributed by atoms with Gasteiger partial charge in [0.15, 0.2) is 11.6 Å². The zero-order chi connectivity index (χ0) is 25.1. The molecule has 0 saturated heterocycles. The molecular weight excluding hydrogens is 484 g/mol. The number of hydrogen-bond donors (Lipinski definition) is 0. The highest BCUT2D eigenvalue weighted by molar-refractivity contribution is 7.19. The predicted molar refractivity (Wildman–Crippen MR) is 157 cm³/mol. The van der Waals surface area contributed by atoms with Crippen molar-refractivity contribution in [3.8, 4) is 28.7 Å². The minimum atomic E-state index is 0.643. The van der Waals surface area contributed by atoms with Crippen molar-refractivity contribution in [3.05, 3.63) is 108 Å². The van der Waals surface area contributed by atoms with Crippen molar-refractivity contribution in [1.82, 2.24) is 19.5 Å². The Morgan fingerprint density at radius 2 is 1.24 bits per heavy atom. The van der Waals surface area contributed by atoms with Crippen LogP contribution in [0.15, 0.2) is 97.1 Å². The Morgan fingerprint density at radius 3 is 1.97 bits per heavy atom. The molecule has 0 amide bonds. The molecule has 1 aliphatic carbocycles. The molecule has 0 fully saturated rings. The molecule has 1 aliphatic rings. The number of thiophene rings is 1. The lowest BCUT2D eigenvalue weighted by Crippen LogP contribution is -2.06. The third-order valence-electron chi connectivity index (χ3n) is 7.64. The van der Waals surface area contributed by atoms with Crippen LogP contribution in [0.25, 0.3) is 60.6 Å². The third kappa shape index (κ3) is 3.39. The van der Waals surface area contributed by atoms with Gasteiger partial charge in [-0.05, 0) is 54.8 Å². The fourth-order valence-corrected chi connectivity index (χ4v) is 7.15. The van der Waals surface area contributed by atoms with Crippen molar-refractivity contribution < 1.29 is 0 Å². The topological polar surface area (TPSA) is 43.6 Å². The van der Waals surface area contributed by atoms with E-state index in [1.54, 1.807) is 10.4 Å². The van der Waals surface area contributed by atoms with Gasteiger partial charge >= 0.3 is 0 Å². The van der Waals surface area contributed by atoms with Crippen molar-refractivity contribution in [2.24, 2.45) is 0 Å². The van der Waals surface area contributed by atoms with Gasteiger partial charge in [-0.15, -0.1) is 11.3 Å². The number of aryl methyl sites for hydroxylation is 2. The van der Waals surface area contributed by atoms with Gasteiger partial charge in [0.25, 0.3) is 0 Å². The first-order valence-corrected chi connectivity index (χ1v) is 14.0. The largest absolute Gasteiger partial charge is 0.278 e. The summed E-state index contributed by atoms with van der Waals surface area (Å²) >= 11 is 1.96. The summed E-state index contributed by atoms with van der Waals surface area (Å²) in [5.41, 5.74) is 5.76. The number of fused-ring (bicyclic) bond motifs is 6. The monoisotopic (exact) mass is 508 g/mol. The Bertz CT molecular complexity index is 1910. The summed E-state index contributed by atoms with van der Waals surface area (Å²) in [6.45, 7) is 0. The molecule has 0 bridgehead atoms. The van der Waals surface area contributed by atoms with Crippen LogP contribution in [-0.4, -0.2) is 19.5 Å². The fourth-order valence-electron chi connectivity index (χ4n) is 5.84. The van der Waals surface area contributed by atoms with Crippen LogP contribution in [0.2, 0.25) is 0 Å². The van der Waals surface area contributed by atoms with E-state index < -0.39 is 0 Å². The summed E-state index contributed by atoms with van der Waals surface area (Å²) in [6, 6.07) is 33.7. The normalized spacial score (nSPS) is 13.4. The van der Waals surface area contributed by atoms with E-state index in [0.29, 0.717) is 17.6 Å². The Balaban J connectivity index is 1.45. The number of hydrogen-bond acceptors (Lipinski definition) is 4. The maximum atomic E-state index is 5.06. The quantitative estimate of drug-likeness (QED) is 0.241. The molecule has 0 N–H and O–H groups in total. The minimum absolute atomic E-state index is 0.643. The molecule has 0 spiro atoms. The lowest BCUT2D eigenvalue weighted by atomic mass is 9.95. The molecule has 0 atom stereocenters. The van der Waals surface area contributed by atoms with Crippen molar-refractivity contribution in [2.45, 2.75) is 25.7 Å². The average Bonchev–Trinajstić information content (AvgIpc) is 3.51. The highest BCUT2D eigenvalue weighted by atomic mass is 32.1. The van der Waals surface area contributed by atoms with Gasteiger partial charge < -0.3 is 0 Å². The van der Waals surface area contributed by atoms with Crippen LogP contribution < -0.4 is 0 Å². The van der Waals surface area contributed by atoms with E-state index in [2.05, 4.69) is 65.2 Å². The highest BCUT2D eigenvalue weighted by Gasteiger charge is 2.21. The maximum absolute atomic E-state index is 5.06. The van der Waals surface area contributed by atoms with Crippen LogP contribution in [0, 0.1) is 0 Å². The van der Waals surface area contributed by atoms with E-state index in [-0.39, 0.29) is 0 Å². The first-order valence-electron chi connectivity index (χ1n) is 13.2. The molecular formula is C33H24N4S. The second-order valence-corrected chi connectivity index (χ2v) is 11.1. The molecule has 3 aromatic heterocycles. The molecule has 0 unspecified atom stereocenters. The lowest BCUT2D eigenvalue weighted by Gasteiger charge is -2.11. The van der Waals surface area contributed by atoms with Crippen molar-refractivity contribution in [2.75, 3.05) is 0 Å². The van der Waals surface area contributed by atoms with Crippen molar-refractivity contribution in [1.29, 1.82) is 0 Å². The van der Waals surface area contributed by atoms with Gasteiger partial charge in [-0.25, -0.2) is 4.98 Å². The lowest BCUT2D eigenvalue weighted by molar-refractivity contribution is 0.700. The molecule has 7 aromatic rings. The van der Waals surface area contributed by atoms with Gasteiger partial charge in [-0.1, -0.05) is 78.9 Å². The first kappa shape index (κ1) is 21.7. The van der Waals surface area contributed by atoms with Crippen molar-refractivity contribution >= 4 is 43.2 Å². The van der Waals surface area contributed by atoms with Gasteiger partial charge in [0.05, 0.1) is 11.0 Å². The van der Waals surface area contributed by atoms with Crippen LogP contribution in [0.5, 0.6) is 0 Å². The number of para-hydroxylation sites is 1. The van der Waals surface area contributed by atoms with Crippen molar-refractivity contribution in [3.63, 3.8) is 0 Å². The van der Waals surface area contributed by atoms with E-state index in [4.69, 9.17) is 15.0 Å². The Hall–Kier alpha value is -4.35. The molecule has 0 aliphatic heterocycles. The Kier molecular flexibility index (Phi) is 4.92. The van der Waals surface area contributed by atoms with Gasteiger partial charge in [0, 0.05) is 31.5 Å². The van der Waals surface area contributed by atoms with E-state index in [1.165, 1.54) is 46.5 Å². The zero-order valence-corrected chi connectivity index (χ0v) is 21.6. The molecule has 8 rings (SSSR count). The van der Waals surface area contributed by atoms with Crippen LogP contribution >= 0.6 is 11.3 Å². The summed E-state index contributed by atoms with van der Waals surface area (Å²) in [6.07, 6.45) is 4.97.